The van der Waals surface area contributed by atoms with Crippen LogP contribution >= 0.6 is 0 Å². The summed E-state index contributed by atoms with van der Waals surface area (Å²) in [5, 5.41) is 9.80. The first-order valence-corrected chi connectivity index (χ1v) is 20.1. The fourth-order valence-corrected chi connectivity index (χ4v) is 9.62. The van der Waals surface area contributed by atoms with Gasteiger partial charge in [0, 0.05) is 38.5 Å². The van der Waals surface area contributed by atoms with Crippen molar-refractivity contribution in [2.24, 2.45) is 4.99 Å². The maximum absolute atomic E-state index is 5.30. The van der Waals surface area contributed by atoms with Crippen LogP contribution in [0.1, 0.15) is 40.1 Å². The predicted octanol–water partition coefficient (Wildman–Crippen LogP) is 12.9. The maximum atomic E-state index is 5.30. The minimum absolute atomic E-state index is 0.0540. The lowest BCUT2D eigenvalue weighted by molar-refractivity contribution is 0.341. The average Bonchev–Trinajstić information content (AvgIpc) is 3.54. The predicted molar refractivity (Wildman–Crippen MR) is 239 cm³/mol. The first kappa shape index (κ1) is 33.0. The van der Waals surface area contributed by atoms with Gasteiger partial charge in [0.1, 0.15) is 18.2 Å². The molecule has 3 unspecified atom stereocenters. The van der Waals surface area contributed by atoms with E-state index in [1.807, 2.05) is 0 Å². The summed E-state index contributed by atoms with van der Waals surface area (Å²) in [6.07, 6.45) is 0.112. The molecule has 0 N–H and O–H groups in total. The summed E-state index contributed by atoms with van der Waals surface area (Å²) in [5.74, 6) is 1.01. The average molecular weight is 746 g/mol. The van der Waals surface area contributed by atoms with E-state index < -0.39 is 0 Å². The molecule has 276 valence electrons. The summed E-state index contributed by atoms with van der Waals surface area (Å²) in [7, 11) is 0. The summed E-state index contributed by atoms with van der Waals surface area (Å²) in [4.78, 5) is 5.30. The monoisotopic (exact) mass is 745 g/mol. The lowest BCUT2D eigenvalue weighted by Crippen LogP contribution is -2.11. The van der Waals surface area contributed by atoms with Crippen molar-refractivity contribution in [3.63, 3.8) is 0 Å². The Hall–Kier alpha value is -7.21. The van der Waals surface area contributed by atoms with Crippen LogP contribution in [0.5, 0.6) is 0 Å². The molecule has 5 heteroatoms. The van der Waals surface area contributed by atoms with Crippen molar-refractivity contribution in [3.8, 4) is 22.5 Å². The Kier molecular flexibility index (Phi) is 7.19. The van der Waals surface area contributed by atoms with Crippen molar-refractivity contribution in [3.05, 3.63) is 216 Å². The Morgan fingerprint density at radius 2 is 0.983 bits per heavy atom. The Labute approximate surface area is 336 Å². The second-order valence-corrected chi connectivity index (χ2v) is 15.8. The van der Waals surface area contributed by atoms with Gasteiger partial charge in [0.05, 0.1) is 22.1 Å². The molecule has 10 aromatic rings. The number of nitrogens with zero attached hydrogens (tertiary/aromatic N) is 5. The molecule has 0 amide bonds. The van der Waals surface area contributed by atoms with Gasteiger partial charge in [-0.05, 0) is 114 Å². The van der Waals surface area contributed by atoms with Crippen LogP contribution in [-0.2, 0) is 0 Å². The van der Waals surface area contributed by atoms with E-state index in [0.717, 1.165) is 17.1 Å². The van der Waals surface area contributed by atoms with Gasteiger partial charge >= 0.3 is 0 Å². The highest BCUT2D eigenvalue weighted by atomic mass is 15.9. The molecule has 0 saturated carbocycles. The zero-order chi connectivity index (χ0) is 38.5. The first-order valence-electron chi connectivity index (χ1n) is 20.1. The molecule has 8 aromatic carbocycles. The van der Waals surface area contributed by atoms with Gasteiger partial charge in [0.15, 0.2) is 0 Å². The summed E-state index contributed by atoms with van der Waals surface area (Å²) >= 11 is 0. The van der Waals surface area contributed by atoms with Gasteiger partial charge in [-0.1, -0.05) is 121 Å². The van der Waals surface area contributed by atoms with Gasteiger partial charge in [-0.25, -0.2) is 4.99 Å². The number of hydrogen-bond acceptors (Lipinski definition) is 3. The molecule has 4 heterocycles. The third kappa shape index (κ3) is 4.97. The zero-order valence-corrected chi connectivity index (χ0v) is 32.3. The summed E-state index contributed by atoms with van der Waals surface area (Å²) < 4.78 is 4.83. The molecule has 3 atom stereocenters. The number of aryl methyl sites for hydroxylation is 2. The Morgan fingerprint density at radius 1 is 0.431 bits per heavy atom. The molecule has 5 nitrogen and oxygen atoms in total. The number of aromatic nitrogens is 2. The summed E-state index contributed by atoms with van der Waals surface area (Å²) in [6.45, 7) is 4.45. The number of aliphatic imine (C=N–C) groups is 1. The molecule has 2 aliphatic heterocycles. The fraction of sp³-hybridized carbons (Fsp3) is 0.0755. The molecule has 0 bridgehead atoms. The van der Waals surface area contributed by atoms with Crippen molar-refractivity contribution in [1.29, 1.82) is 0 Å². The van der Waals surface area contributed by atoms with Crippen molar-refractivity contribution in [2.45, 2.75) is 26.2 Å². The zero-order valence-electron chi connectivity index (χ0n) is 32.3. The van der Waals surface area contributed by atoms with Gasteiger partial charge in [0.2, 0.25) is 0 Å². The third-order valence-corrected chi connectivity index (χ3v) is 12.2. The van der Waals surface area contributed by atoms with Gasteiger partial charge in [-0.3, -0.25) is 5.01 Å². The molecule has 2 aromatic heterocycles. The van der Waals surface area contributed by atoms with Crippen LogP contribution in [0.4, 0.5) is 0 Å². The van der Waals surface area contributed by atoms with Crippen molar-refractivity contribution < 1.29 is 0 Å². The van der Waals surface area contributed by atoms with Crippen molar-refractivity contribution in [1.82, 2.24) is 19.2 Å². The van der Waals surface area contributed by atoms with Crippen LogP contribution in [0, 0.1) is 13.8 Å². The van der Waals surface area contributed by atoms with E-state index in [9.17, 15) is 0 Å². The topological polar surface area (TPSA) is 28.2 Å². The van der Waals surface area contributed by atoms with Crippen molar-refractivity contribution in [2.75, 3.05) is 0 Å². The molecule has 1 fully saturated rings. The van der Waals surface area contributed by atoms with E-state index >= 15 is 0 Å². The third-order valence-electron chi connectivity index (χ3n) is 12.2. The molecule has 1 saturated heterocycles. The Bertz CT molecular complexity index is 3250. The van der Waals surface area contributed by atoms with Gasteiger partial charge < -0.3 is 9.13 Å². The standard InChI is InChI=1S/C53H39N5/c1-34-30-35(2)50-46(31-34)45-33-40(39-24-28-48-44(32-39)43-20-12-13-21-47(43)55(48)41-18-10-5-11-19-41)25-29-49(45)56(50)42-26-22-37(23-27-42)52-54-51(36-14-6-3-7-15-36)57-53(58(52)57)38-16-8-4-9-17-38/h3-33,51,53H,1-2H3. The smallest absolute Gasteiger partial charge is 0.150 e. The number of hydrogen-bond donors (Lipinski definition) is 0. The highest BCUT2D eigenvalue weighted by Gasteiger charge is 2.57. The van der Waals surface area contributed by atoms with Crippen LogP contribution in [0.3, 0.4) is 0 Å². The van der Waals surface area contributed by atoms with Crippen LogP contribution in [0.2, 0.25) is 0 Å². The molecule has 58 heavy (non-hydrogen) atoms. The number of amidine groups is 1. The highest BCUT2D eigenvalue weighted by Crippen LogP contribution is 2.54. The van der Waals surface area contributed by atoms with E-state index in [2.05, 4.69) is 221 Å². The number of benzene rings is 8. The number of hydrazine groups is 1. The van der Waals surface area contributed by atoms with Gasteiger partial charge in [0.25, 0.3) is 0 Å². The quantitative estimate of drug-likeness (QED) is 0.159. The first-order chi connectivity index (χ1) is 28.6. The van der Waals surface area contributed by atoms with E-state index in [4.69, 9.17) is 4.99 Å². The molecular weight excluding hydrogens is 707 g/mol. The molecule has 0 aliphatic carbocycles. The van der Waals surface area contributed by atoms with Crippen LogP contribution in [-0.4, -0.2) is 25.0 Å². The largest absolute Gasteiger partial charge is 0.309 e. The highest BCUT2D eigenvalue weighted by molar-refractivity contribution is 6.13. The fourth-order valence-electron chi connectivity index (χ4n) is 9.62. The Morgan fingerprint density at radius 3 is 1.69 bits per heavy atom. The van der Waals surface area contributed by atoms with E-state index in [1.54, 1.807) is 0 Å². The van der Waals surface area contributed by atoms with Crippen LogP contribution in [0.15, 0.2) is 193 Å². The van der Waals surface area contributed by atoms with Gasteiger partial charge in [-0.2, -0.15) is 5.01 Å². The molecule has 0 radical (unpaired) electrons. The van der Waals surface area contributed by atoms with Crippen LogP contribution in [0.25, 0.3) is 66.1 Å². The van der Waals surface area contributed by atoms with E-state index in [1.165, 1.54) is 82.7 Å². The minimum atomic E-state index is -0.0540. The molecule has 12 rings (SSSR count). The SMILES string of the molecule is Cc1cc(C)c2c(c1)c1cc(-c3ccc4c(c3)c3ccccc3n4-c3ccccc3)ccc1n2-c1ccc(C2=NC(c3ccccc3)N3C(c4ccccc4)N23)cc1. The molecular formula is C53H39N5. The van der Waals surface area contributed by atoms with Crippen LogP contribution < -0.4 is 0 Å². The normalized spacial score (nSPS) is 17.4. The second-order valence-electron chi connectivity index (χ2n) is 15.8. The number of rotatable bonds is 6. The van der Waals surface area contributed by atoms with E-state index in [0.29, 0.717) is 0 Å². The summed E-state index contributed by atoms with van der Waals surface area (Å²) in [6, 6.07) is 68.4. The lowest BCUT2D eigenvalue weighted by atomic mass is 10.00. The Balaban J connectivity index is 0.960. The molecule has 2 aliphatic rings. The van der Waals surface area contributed by atoms with E-state index in [-0.39, 0.29) is 12.3 Å². The minimum Gasteiger partial charge on any atom is -0.309 e. The maximum Gasteiger partial charge on any atom is 0.150 e. The summed E-state index contributed by atoms with van der Waals surface area (Å²) in [5.41, 5.74) is 15.7. The number of para-hydroxylation sites is 2. The van der Waals surface area contributed by atoms with Crippen molar-refractivity contribution >= 4 is 49.4 Å². The van der Waals surface area contributed by atoms with Gasteiger partial charge in [-0.15, -0.1) is 0 Å². The molecule has 0 spiro atoms. The second kappa shape index (κ2) is 12.7. The lowest BCUT2D eigenvalue weighted by Gasteiger charge is -2.13. The number of fused-ring (bicyclic) bond motifs is 7.